The Kier molecular flexibility index (Phi) is 3.63. The van der Waals surface area contributed by atoms with Gasteiger partial charge >= 0.3 is 0 Å². The Morgan fingerprint density at radius 1 is 1.19 bits per heavy atom. The van der Waals surface area contributed by atoms with Crippen LogP contribution in [0.4, 0.5) is 0 Å². The molecule has 27 heavy (non-hydrogen) atoms. The van der Waals surface area contributed by atoms with E-state index in [1.807, 2.05) is 24.3 Å². The Morgan fingerprint density at radius 3 is 2.74 bits per heavy atom. The predicted octanol–water partition coefficient (Wildman–Crippen LogP) is 3.34. The Morgan fingerprint density at radius 2 is 2.04 bits per heavy atom. The molecule has 2 N–H and O–H groups in total. The van der Waals surface area contributed by atoms with Gasteiger partial charge in [0, 0.05) is 29.8 Å². The molecule has 1 aromatic carbocycles. The van der Waals surface area contributed by atoms with Crippen molar-refractivity contribution in [2.24, 2.45) is 11.1 Å². The molecule has 6 nitrogen and oxygen atoms in total. The molecule has 0 amide bonds. The Balaban J connectivity index is 1.63. The van der Waals surface area contributed by atoms with Crippen LogP contribution in [-0.2, 0) is 11.8 Å². The average molecular weight is 357 g/mol. The van der Waals surface area contributed by atoms with Gasteiger partial charge in [-0.1, -0.05) is 47.6 Å². The first-order valence-electron chi connectivity index (χ1n) is 9.12. The molecule has 2 aliphatic carbocycles. The third kappa shape index (κ3) is 2.56. The summed E-state index contributed by atoms with van der Waals surface area (Å²) in [5, 5.41) is 20.7. The summed E-state index contributed by atoms with van der Waals surface area (Å²) in [6, 6.07) is 12.3. The Bertz CT molecular complexity index is 980. The van der Waals surface area contributed by atoms with E-state index in [0.29, 0.717) is 18.1 Å². The predicted molar refractivity (Wildman–Crippen MR) is 102 cm³/mol. The standard InChI is InChI=1S/C21H19N5O/c27-26-19(14-6-7-14)20-16-8-10-21(12-17(16)24-25-20,15-4-2-1-3-5-15)18-9-11-22-13-23-18/h1-5,8-11,13-14,27H,6-7,12H2,(H,24,25). The number of allylic oxidation sites excluding steroid dienone is 1. The summed E-state index contributed by atoms with van der Waals surface area (Å²) in [6.07, 6.45) is 10.5. The van der Waals surface area contributed by atoms with Gasteiger partial charge in [-0.2, -0.15) is 5.10 Å². The van der Waals surface area contributed by atoms with E-state index in [-0.39, 0.29) is 0 Å². The van der Waals surface area contributed by atoms with E-state index in [2.05, 4.69) is 49.6 Å². The van der Waals surface area contributed by atoms with Gasteiger partial charge in [0.15, 0.2) is 0 Å². The van der Waals surface area contributed by atoms with Crippen LogP contribution in [0.15, 0.2) is 60.2 Å². The lowest BCUT2D eigenvalue weighted by Crippen LogP contribution is -2.31. The van der Waals surface area contributed by atoms with Crippen LogP contribution in [0, 0.1) is 5.92 Å². The molecule has 2 aromatic heterocycles. The van der Waals surface area contributed by atoms with Crippen LogP contribution in [0.5, 0.6) is 0 Å². The minimum absolute atomic E-state index is 0.318. The number of nitrogens with zero attached hydrogens (tertiary/aromatic N) is 4. The fourth-order valence-corrected chi connectivity index (χ4v) is 3.95. The lowest BCUT2D eigenvalue weighted by atomic mass is 9.70. The highest BCUT2D eigenvalue weighted by molar-refractivity contribution is 6.04. The van der Waals surface area contributed by atoms with Crippen LogP contribution >= 0.6 is 0 Å². The highest BCUT2D eigenvalue weighted by Gasteiger charge is 2.39. The average Bonchev–Trinajstić information content (AvgIpc) is 3.49. The molecule has 134 valence electrons. The molecule has 1 fully saturated rings. The van der Waals surface area contributed by atoms with Gasteiger partial charge in [0.2, 0.25) is 0 Å². The summed E-state index contributed by atoms with van der Waals surface area (Å²) in [5.41, 5.74) is 5.20. The first-order chi connectivity index (χ1) is 13.3. The number of benzene rings is 1. The Labute approximate surface area is 156 Å². The van der Waals surface area contributed by atoms with Crippen LogP contribution in [0.25, 0.3) is 6.08 Å². The van der Waals surface area contributed by atoms with E-state index in [1.165, 1.54) is 5.56 Å². The SMILES string of the molecule is ON=C(c1n[nH]c2c1C=CC(c1ccccc1)(c1ccncn1)C2)C1CC1. The maximum atomic E-state index is 9.46. The summed E-state index contributed by atoms with van der Waals surface area (Å²) in [6.45, 7) is 0. The number of nitrogens with one attached hydrogen (secondary N) is 1. The fraction of sp³-hybridized carbons (Fsp3) is 0.238. The first kappa shape index (κ1) is 15.9. The molecule has 6 heteroatoms. The fourth-order valence-electron chi connectivity index (χ4n) is 3.95. The van der Waals surface area contributed by atoms with Gasteiger partial charge < -0.3 is 5.21 Å². The topological polar surface area (TPSA) is 87.0 Å². The van der Waals surface area contributed by atoms with Gasteiger partial charge in [0.1, 0.15) is 17.7 Å². The summed E-state index contributed by atoms with van der Waals surface area (Å²) in [7, 11) is 0. The Hall–Kier alpha value is -3.28. The number of rotatable bonds is 4. The zero-order chi connectivity index (χ0) is 18.3. The van der Waals surface area contributed by atoms with Crippen LogP contribution in [-0.4, -0.2) is 31.1 Å². The van der Waals surface area contributed by atoms with Crippen molar-refractivity contribution in [3.05, 3.63) is 83.2 Å². The minimum Gasteiger partial charge on any atom is -0.411 e. The number of fused-ring (bicyclic) bond motifs is 1. The third-order valence-electron chi connectivity index (χ3n) is 5.52. The van der Waals surface area contributed by atoms with E-state index in [1.54, 1.807) is 12.5 Å². The number of aromatic nitrogens is 4. The van der Waals surface area contributed by atoms with Gasteiger partial charge in [-0.15, -0.1) is 0 Å². The highest BCUT2D eigenvalue weighted by atomic mass is 16.4. The maximum Gasteiger partial charge on any atom is 0.117 e. The van der Waals surface area contributed by atoms with Crippen molar-refractivity contribution < 1.29 is 5.21 Å². The summed E-state index contributed by atoms with van der Waals surface area (Å²) >= 11 is 0. The number of aromatic amines is 1. The monoisotopic (exact) mass is 357 g/mol. The highest BCUT2D eigenvalue weighted by Crippen LogP contribution is 2.42. The minimum atomic E-state index is -0.392. The van der Waals surface area contributed by atoms with Gasteiger partial charge in [-0.05, 0) is 24.5 Å². The van der Waals surface area contributed by atoms with Gasteiger partial charge in [0.25, 0.3) is 0 Å². The number of H-pyrrole nitrogens is 1. The molecule has 3 aromatic rings. The van der Waals surface area contributed by atoms with E-state index in [9.17, 15) is 5.21 Å². The van der Waals surface area contributed by atoms with Gasteiger partial charge in [0.05, 0.1) is 11.1 Å². The first-order valence-corrected chi connectivity index (χ1v) is 9.12. The van der Waals surface area contributed by atoms with Crippen molar-refractivity contribution in [1.82, 2.24) is 20.2 Å². The quantitative estimate of drug-likeness (QED) is 0.426. The lowest BCUT2D eigenvalue weighted by molar-refractivity contribution is 0.317. The van der Waals surface area contributed by atoms with Crippen molar-refractivity contribution >= 4 is 11.8 Å². The number of hydrogen-bond acceptors (Lipinski definition) is 5. The van der Waals surface area contributed by atoms with E-state index in [4.69, 9.17) is 0 Å². The summed E-state index contributed by atoms with van der Waals surface area (Å²) in [5.74, 6) is 0.318. The molecule has 0 spiro atoms. The molecule has 1 unspecified atom stereocenters. The summed E-state index contributed by atoms with van der Waals surface area (Å²) in [4.78, 5) is 8.63. The molecule has 0 bridgehead atoms. The van der Waals surface area contributed by atoms with E-state index < -0.39 is 5.41 Å². The van der Waals surface area contributed by atoms with Crippen molar-refractivity contribution in [2.75, 3.05) is 0 Å². The number of hydrogen-bond donors (Lipinski definition) is 2. The normalized spacial score (nSPS) is 21.9. The zero-order valence-electron chi connectivity index (χ0n) is 14.7. The molecule has 1 saturated carbocycles. The second kappa shape index (κ2) is 6.16. The van der Waals surface area contributed by atoms with Crippen molar-refractivity contribution in [3.8, 4) is 0 Å². The largest absolute Gasteiger partial charge is 0.411 e. The maximum absolute atomic E-state index is 9.46. The van der Waals surface area contributed by atoms with Crippen molar-refractivity contribution in [1.29, 1.82) is 0 Å². The molecule has 5 rings (SSSR count). The van der Waals surface area contributed by atoms with Crippen LogP contribution < -0.4 is 0 Å². The summed E-state index contributed by atoms with van der Waals surface area (Å²) < 4.78 is 0. The molecular weight excluding hydrogens is 338 g/mol. The molecule has 0 saturated heterocycles. The molecular formula is C21H19N5O. The second-order valence-corrected chi connectivity index (χ2v) is 7.17. The van der Waals surface area contributed by atoms with Crippen LogP contribution in [0.1, 0.15) is 41.1 Å². The van der Waals surface area contributed by atoms with Gasteiger partial charge in [-0.25, -0.2) is 9.97 Å². The van der Waals surface area contributed by atoms with Crippen LogP contribution in [0.3, 0.4) is 0 Å². The molecule has 2 aliphatic rings. The zero-order valence-corrected chi connectivity index (χ0v) is 14.7. The van der Waals surface area contributed by atoms with E-state index in [0.717, 1.165) is 35.5 Å². The molecule has 2 heterocycles. The smallest absolute Gasteiger partial charge is 0.117 e. The molecule has 0 radical (unpaired) electrons. The van der Waals surface area contributed by atoms with Crippen molar-refractivity contribution in [2.45, 2.75) is 24.7 Å². The van der Waals surface area contributed by atoms with Crippen molar-refractivity contribution in [3.63, 3.8) is 0 Å². The van der Waals surface area contributed by atoms with Gasteiger partial charge in [-0.3, -0.25) is 5.10 Å². The van der Waals surface area contributed by atoms with E-state index >= 15 is 0 Å². The second-order valence-electron chi connectivity index (χ2n) is 7.17. The molecule has 1 atom stereocenters. The molecule has 0 aliphatic heterocycles. The third-order valence-corrected chi connectivity index (χ3v) is 5.52. The van der Waals surface area contributed by atoms with Crippen LogP contribution in [0.2, 0.25) is 0 Å². The lowest BCUT2D eigenvalue weighted by Gasteiger charge is -2.33. The number of oxime groups is 1.